The molecule has 1 heterocycles. The molecule has 2 N–H and O–H groups in total. The minimum Gasteiger partial charge on any atom is -0.467 e. The van der Waals surface area contributed by atoms with Crippen molar-refractivity contribution < 1.29 is 14.3 Å². The maximum absolute atomic E-state index is 12.7. The van der Waals surface area contributed by atoms with Gasteiger partial charge in [-0.15, -0.1) is 11.8 Å². The van der Waals surface area contributed by atoms with Crippen LogP contribution in [-0.2, 0) is 16.1 Å². The van der Waals surface area contributed by atoms with Crippen LogP contribution in [0.15, 0.2) is 53.4 Å². The lowest BCUT2D eigenvalue weighted by Crippen LogP contribution is -2.36. The molecule has 0 bridgehead atoms. The van der Waals surface area contributed by atoms with Gasteiger partial charge in [0.2, 0.25) is 0 Å². The van der Waals surface area contributed by atoms with Crippen LogP contribution in [0.2, 0.25) is 0 Å². The fraction of sp³-hybridized carbons (Fsp3) is 0.304. The summed E-state index contributed by atoms with van der Waals surface area (Å²) in [6.07, 6.45) is 1.93. The predicted octanol–water partition coefficient (Wildman–Crippen LogP) is 3.89. The fourth-order valence-corrected chi connectivity index (χ4v) is 3.77. The van der Waals surface area contributed by atoms with Gasteiger partial charge < -0.3 is 15.4 Å². The fourth-order valence-electron chi connectivity index (χ4n) is 3.17. The molecule has 7 nitrogen and oxygen atoms in total. The van der Waals surface area contributed by atoms with E-state index in [1.807, 2.05) is 62.6 Å². The molecule has 0 fully saturated rings. The Morgan fingerprint density at radius 3 is 2.48 bits per heavy atom. The zero-order chi connectivity index (χ0) is 22.4. The highest BCUT2D eigenvalue weighted by Crippen LogP contribution is 2.23. The Bertz CT molecular complexity index is 1090. The van der Waals surface area contributed by atoms with Crippen LogP contribution in [0.4, 0.5) is 5.82 Å². The first-order valence-electron chi connectivity index (χ1n) is 9.95. The van der Waals surface area contributed by atoms with Crippen LogP contribution >= 0.6 is 11.8 Å². The van der Waals surface area contributed by atoms with Crippen molar-refractivity contribution in [3.63, 3.8) is 0 Å². The normalized spacial score (nSPS) is 11.9. The number of rotatable bonds is 8. The van der Waals surface area contributed by atoms with Gasteiger partial charge in [-0.1, -0.05) is 38.1 Å². The number of nitrogens with zero attached hydrogens (tertiary/aromatic N) is 2. The van der Waals surface area contributed by atoms with Crippen molar-refractivity contribution in [2.75, 3.05) is 18.7 Å². The van der Waals surface area contributed by atoms with E-state index >= 15 is 0 Å². The Morgan fingerprint density at radius 2 is 1.77 bits per heavy atom. The maximum Gasteiger partial charge on any atom is 0.328 e. The molecule has 3 aromatic rings. The molecule has 1 aromatic heterocycles. The number of esters is 1. The van der Waals surface area contributed by atoms with Crippen LogP contribution in [0.1, 0.15) is 30.0 Å². The van der Waals surface area contributed by atoms with Gasteiger partial charge in [0.15, 0.2) is 5.82 Å². The summed E-state index contributed by atoms with van der Waals surface area (Å²) in [6.45, 7) is 4.02. The van der Waals surface area contributed by atoms with E-state index in [1.165, 1.54) is 18.9 Å². The summed E-state index contributed by atoms with van der Waals surface area (Å²) < 4.78 is 4.93. The highest BCUT2D eigenvalue weighted by molar-refractivity contribution is 7.98. The second-order valence-electron chi connectivity index (χ2n) is 7.28. The third-order valence-corrected chi connectivity index (χ3v) is 5.62. The molecule has 8 heteroatoms. The van der Waals surface area contributed by atoms with Crippen LogP contribution in [0.25, 0.3) is 10.9 Å². The summed E-state index contributed by atoms with van der Waals surface area (Å²) in [7, 11) is 1.37. The molecule has 0 spiro atoms. The third-order valence-electron chi connectivity index (χ3n) is 4.82. The Kier molecular flexibility index (Phi) is 7.46. The molecular formula is C23H26N4O3S. The third kappa shape index (κ3) is 5.32. The Balaban J connectivity index is 1.88. The average Bonchev–Trinajstić information content (AvgIpc) is 2.80. The second kappa shape index (κ2) is 10.3. The van der Waals surface area contributed by atoms with E-state index in [1.54, 1.807) is 6.07 Å². The van der Waals surface area contributed by atoms with E-state index in [0.717, 1.165) is 15.8 Å². The Hall–Kier alpha value is -3.13. The molecule has 0 saturated carbocycles. The van der Waals surface area contributed by atoms with Gasteiger partial charge >= 0.3 is 5.97 Å². The molecule has 0 saturated heterocycles. The van der Waals surface area contributed by atoms with Gasteiger partial charge in [0.1, 0.15) is 11.9 Å². The molecular weight excluding hydrogens is 412 g/mol. The van der Waals surface area contributed by atoms with E-state index in [9.17, 15) is 9.59 Å². The molecule has 0 aliphatic carbocycles. The van der Waals surface area contributed by atoms with Crippen molar-refractivity contribution in [3.05, 3.63) is 59.9 Å². The van der Waals surface area contributed by atoms with E-state index < -0.39 is 6.04 Å². The first-order chi connectivity index (χ1) is 14.9. The van der Waals surface area contributed by atoms with Gasteiger partial charge in [-0.2, -0.15) is 0 Å². The van der Waals surface area contributed by atoms with Crippen molar-refractivity contribution in [3.8, 4) is 0 Å². The number of anilines is 1. The summed E-state index contributed by atoms with van der Waals surface area (Å²) in [5, 5.41) is 6.90. The number of carbonyl (C=O) groups excluding carboxylic acids is 2. The highest BCUT2D eigenvalue weighted by atomic mass is 32.2. The number of fused-ring (bicyclic) bond motifs is 1. The summed E-state index contributed by atoms with van der Waals surface area (Å²) in [5.74, 6) is 0.423. The van der Waals surface area contributed by atoms with Gasteiger partial charge in [-0.05, 0) is 36.4 Å². The topological polar surface area (TPSA) is 93.2 Å². The number of methoxy groups -OCH3 is 1. The lowest BCUT2D eigenvalue weighted by molar-refractivity contribution is -0.142. The standard InChI is InChI=1S/C23H26N4O3S/c1-14(2)20(23(29)30-3)27-21-15-9-5-7-11-17(15)25-19(26-21)13-24-22(28)16-10-6-8-12-18(16)31-4/h5-12,14,20H,13H2,1-4H3,(H,24,28)(H,25,26,27)/t20-/m0/s1. The number of thioether (sulfide) groups is 1. The van der Waals surface area contributed by atoms with E-state index in [0.29, 0.717) is 17.2 Å². The smallest absolute Gasteiger partial charge is 0.328 e. The molecule has 1 atom stereocenters. The predicted molar refractivity (Wildman–Crippen MR) is 123 cm³/mol. The highest BCUT2D eigenvalue weighted by Gasteiger charge is 2.24. The maximum atomic E-state index is 12.7. The number of carbonyl (C=O) groups is 2. The molecule has 3 rings (SSSR count). The van der Waals surface area contributed by atoms with Crippen LogP contribution in [0, 0.1) is 5.92 Å². The number of aromatic nitrogens is 2. The van der Waals surface area contributed by atoms with Crippen molar-refractivity contribution in [1.82, 2.24) is 15.3 Å². The van der Waals surface area contributed by atoms with Crippen molar-refractivity contribution in [2.45, 2.75) is 31.3 Å². The van der Waals surface area contributed by atoms with Crippen molar-refractivity contribution >= 4 is 40.4 Å². The first-order valence-corrected chi connectivity index (χ1v) is 11.2. The first kappa shape index (κ1) is 22.6. The molecule has 31 heavy (non-hydrogen) atoms. The lowest BCUT2D eigenvalue weighted by Gasteiger charge is -2.21. The number of amides is 1. The quantitative estimate of drug-likeness (QED) is 0.407. The number of nitrogens with one attached hydrogen (secondary N) is 2. The zero-order valence-corrected chi connectivity index (χ0v) is 18.8. The number of benzene rings is 2. The van der Waals surface area contributed by atoms with Crippen molar-refractivity contribution in [1.29, 1.82) is 0 Å². The monoisotopic (exact) mass is 438 g/mol. The number of para-hydroxylation sites is 1. The van der Waals surface area contributed by atoms with Gasteiger partial charge in [-0.25, -0.2) is 14.8 Å². The summed E-state index contributed by atoms with van der Waals surface area (Å²) in [6, 6.07) is 14.4. The molecule has 1 amide bonds. The lowest BCUT2D eigenvalue weighted by atomic mass is 10.0. The van der Waals surface area contributed by atoms with E-state index in [4.69, 9.17) is 4.74 Å². The minimum absolute atomic E-state index is 0.00706. The van der Waals surface area contributed by atoms with Crippen LogP contribution in [0.3, 0.4) is 0 Å². The number of hydrogen-bond acceptors (Lipinski definition) is 7. The molecule has 0 aliphatic rings. The molecule has 162 valence electrons. The zero-order valence-electron chi connectivity index (χ0n) is 18.0. The molecule has 2 aromatic carbocycles. The summed E-state index contributed by atoms with van der Waals surface area (Å²) in [4.78, 5) is 35.0. The molecule has 0 aliphatic heterocycles. The molecule has 0 unspecified atom stereocenters. The van der Waals surface area contributed by atoms with Gasteiger partial charge in [0, 0.05) is 10.3 Å². The average molecular weight is 439 g/mol. The summed E-state index contributed by atoms with van der Waals surface area (Å²) >= 11 is 1.52. The minimum atomic E-state index is -0.556. The second-order valence-corrected chi connectivity index (χ2v) is 8.13. The van der Waals surface area contributed by atoms with Gasteiger partial charge in [0.05, 0.1) is 24.7 Å². The SMILES string of the molecule is COC(=O)[C@@H](Nc1nc(CNC(=O)c2ccccc2SC)nc2ccccc12)C(C)C. The van der Waals surface area contributed by atoms with E-state index in [2.05, 4.69) is 20.6 Å². The van der Waals surface area contributed by atoms with Gasteiger partial charge in [-0.3, -0.25) is 4.79 Å². The number of hydrogen-bond donors (Lipinski definition) is 2. The van der Waals surface area contributed by atoms with Crippen molar-refractivity contribution in [2.24, 2.45) is 5.92 Å². The van der Waals surface area contributed by atoms with E-state index in [-0.39, 0.29) is 24.3 Å². The van der Waals surface area contributed by atoms with Crippen LogP contribution in [0.5, 0.6) is 0 Å². The van der Waals surface area contributed by atoms with Gasteiger partial charge in [0.25, 0.3) is 5.91 Å². The Labute approximate surface area is 186 Å². The number of ether oxygens (including phenoxy) is 1. The van der Waals surface area contributed by atoms with Crippen LogP contribution in [-0.4, -0.2) is 41.3 Å². The largest absolute Gasteiger partial charge is 0.467 e. The molecule has 0 radical (unpaired) electrons. The van der Waals surface area contributed by atoms with Crippen LogP contribution < -0.4 is 10.6 Å². The summed E-state index contributed by atoms with van der Waals surface area (Å²) in [5.41, 5.74) is 1.33. The Morgan fingerprint density at radius 1 is 1.06 bits per heavy atom.